The lowest BCUT2D eigenvalue weighted by atomic mass is 9.99. The Bertz CT molecular complexity index is 572. The van der Waals surface area contributed by atoms with E-state index in [4.69, 9.17) is 23.2 Å². The molecule has 0 aliphatic rings. The molecule has 0 fully saturated rings. The minimum atomic E-state index is 0.270. The van der Waals surface area contributed by atoms with E-state index in [0.717, 1.165) is 6.42 Å². The molecule has 1 unspecified atom stereocenters. The first-order valence-corrected chi connectivity index (χ1v) is 7.80. The lowest BCUT2D eigenvalue weighted by molar-refractivity contribution is 0.592. The van der Waals surface area contributed by atoms with Gasteiger partial charge in [0.1, 0.15) is 0 Å². The second-order valence-corrected chi connectivity index (χ2v) is 6.41. The zero-order valence-corrected chi connectivity index (χ0v) is 14.1. The van der Waals surface area contributed by atoms with Gasteiger partial charge in [-0.1, -0.05) is 41.4 Å². The van der Waals surface area contributed by atoms with Crippen LogP contribution >= 0.6 is 45.8 Å². The van der Waals surface area contributed by atoms with Gasteiger partial charge in [-0.05, 0) is 71.5 Å². The summed E-state index contributed by atoms with van der Waals surface area (Å²) in [6.45, 7) is 0. The Hall–Kier alpha value is -0.290. The van der Waals surface area contributed by atoms with E-state index in [1.54, 1.807) is 0 Å². The smallest absolute Gasteiger partial charge is 0.0595 e. The van der Waals surface area contributed by atoms with E-state index < -0.39 is 0 Å². The number of hydrogen-bond acceptors (Lipinski definition) is 1. The zero-order valence-electron chi connectivity index (χ0n) is 10.5. The fourth-order valence-corrected chi connectivity index (χ4v) is 2.90. The predicted octanol–water partition coefficient (Wildman–Crippen LogP) is 5.10. The van der Waals surface area contributed by atoms with Gasteiger partial charge in [-0.2, -0.15) is 0 Å². The van der Waals surface area contributed by atoms with Crippen molar-refractivity contribution in [1.82, 2.24) is 5.32 Å². The molecule has 1 N–H and O–H groups in total. The monoisotopic (exact) mass is 405 g/mol. The van der Waals surface area contributed by atoms with Gasteiger partial charge < -0.3 is 5.32 Å². The predicted molar refractivity (Wildman–Crippen MR) is 91.1 cm³/mol. The maximum atomic E-state index is 6.06. The molecule has 0 aromatic heterocycles. The minimum Gasteiger partial charge on any atom is -0.313 e. The number of likely N-dealkylation sites (N-methyl/N-ethyl adjacent to an activating group) is 1. The highest BCUT2D eigenvalue weighted by atomic mass is 127. The van der Waals surface area contributed by atoms with Gasteiger partial charge in [-0.3, -0.25) is 0 Å². The number of nitrogens with one attached hydrogen (secondary N) is 1. The Morgan fingerprint density at radius 3 is 2.53 bits per heavy atom. The van der Waals surface area contributed by atoms with Crippen LogP contribution in [0.4, 0.5) is 0 Å². The Kier molecular flexibility index (Phi) is 5.51. The molecule has 0 saturated heterocycles. The summed E-state index contributed by atoms with van der Waals surface area (Å²) >= 11 is 14.3. The summed E-state index contributed by atoms with van der Waals surface area (Å²) in [5.41, 5.74) is 2.45. The first-order chi connectivity index (χ1) is 9.10. The van der Waals surface area contributed by atoms with Crippen molar-refractivity contribution in [2.45, 2.75) is 12.5 Å². The molecule has 0 amide bonds. The zero-order chi connectivity index (χ0) is 13.8. The van der Waals surface area contributed by atoms with Crippen molar-refractivity contribution in [2.75, 3.05) is 7.05 Å². The fourth-order valence-electron chi connectivity index (χ4n) is 2.01. The SMILES string of the molecule is CNC(Cc1ccc(Cl)c(Cl)c1)c1cccc(I)c1. The van der Waals surface area contributed by atoms with E-state index in [1.807, 2.05) is 25.2 Å². The summed E-state index contributed by atoms with van der Waals surface area (Å²) in [5, 5.41) is 4.55. The molecule has 100 valence electrons. The normalized spacial score (nSPS) is 12.4. The molecule has 19 heavy (non-hydrogen) atoms. The third-order valence-electron chi connectivity index (χ3n) is 3.02. The molecular weight excluding hydrogens is 392 g/mol. The van der Waals surface area contributed by atoms with Gasteiger partial charge in [0.05, 0.1) is 10.0 Å². The van der Waals surface area contributed by atoms with E-state index in [2.05, 4.69) is 52.2 Å². The first-order valence-electron chi connectivity index (χ1n) is 5.97. The summed E-state index contributed by atoms with van der Waals surface area (Å²) < 4.78 is 1.24. The van der Waals surface area contributed by atoms with Gasteiger partial charge in [-0.25, -0.2) is 0 Å². The van der Waals surface area contributed by atoms with Crippen molar-refractivity contribution >= 4 is 45.8 Å². The van der Waals surface area contributed by atoms with Crippen LogP contribution in [-0.4, -0.2) is 7.05 Å². The van der Waals surface area contributed by atoms with Crippen molar-refractivity contribution < 1.29 is 0 Å². The Balaban J connectivity index is 2.21. The average molecular weight is 406 g/mol. The third kappa shape index (κ3) is 4.09. The fraction of sp³-hybridized carbons (Fsp3) is 0.200. The van der Waals surface area contributed by atoms with Crippen LogP contribution in [0.5, 0.6) is 0 Å². The number of hydrogen-bond donors (Lipinski definition) is 1. The molecule has 4 heteroatoms. The molecule has 2 aromatic rings. The van der Waals surface area contributed by atoms with Crippen LogP contribution in [0.3, 0.4) is 0 Å². The molecule has 1 nitrogen and oxygen atoms in total. The van der Waals surface area contributed by atoms with Gasteiger partial charge in [0.25, 0.3) is 0 Å². The Morgan fingerprint density at radius 1 is 1.11 bits per heavy atom. The highest BCUT2D eigenvalue weighted by Gasteiger charge is 2.11. The number of rotatable bonds is 4. The topological polar surface area (TPSA) is 12.0 Å². The molecule has 0 heterocycles. The summed E-state index contributed by atoms with van der Waals surface area (Å²) in [6.07, 6.45) is 0.882. The minimum absolute atomic E-state index is 0.270. The summed E-state index contributed by atoms with van der Waals surface area (Å²) in [7, 11) is 1.97. The van der Waals surface area contributed by atoms with E-state index in [0.29, 0.717) is 10.0 Å². The summed E-state index contributed by atoms with van der Waals surface area (Å²) in [4.78, 5) is 0. The highest BCUT2D eigenvalue weighted by molar-refractivity contribution is 14.1. The molecule has 0 aliphatic carbocycles. The number of halogens is 3. The van der Waals surface area contributed by atoms with E-state index in [1.165, 1.54) is 14.7 Å². The van der Waals surface area contributed by atoms with Crippen molar-refractivity contribution in [2.24, 2.45) is 0 Å². The molecule has 0 aliphatic heterocycles. The average Bonchev–Trinajstić information content (AvgIpc) is 2.40. The largest absolute Gasteiger partial charge is 0.313 e. The maximum Gasteiger partial charge on any atom is 0.0595 e. The lowest BCUT2D eigenvalue weighted by Gasteiger charge is -2.17. The van der Waals surface area contributed by atoms with E-state index in [9.17, 15) is 0 Å². The van der Waals surface area contributed by atoms with Crippen molar-refractivity contribution in [3.05, 3.63) is 67.2 Å². The van der Waals surface area contributed by atoms with Crippen LogP contribution in [0.2, 0.25) is 10.0 Å². The lowest BCUT2D eigenvalue weighted by Crippen LogP contribution is -2.18. The molecule has 2 rings (SSSR count). The second kappa shape index (κ2) is 6.93. The first kappa shape index (κ1) is 15.1. The molecule has 1 atom stereocenters. The molecule has 2 aromatic carbocycles. The van der Waals surface area contributed by atoms with Crippen LogP contribution in [0, 0.1) is 3.57 Å². The Labute approximate surface area is 137 Å². The van der Waals surface area contributed by atoms with Gasteiger partial charge in [-0.15, -0.1) is 0 Å². The standard InChI is InChI=1S/C15H14Cl2IN/c1-19-15(11-3-2-4-12(18)9-11)8-10-5-6-13(16)14(17)7-10/h2-7,9,15,19H,8H2,1H3. The van der Waals surface area contributed by atoms with E-state index >= 15 is 0 Å². The van der Waals surface area contributed by atoms with Crippen LogP contribution in [-0.2, 0) is 6.42 Å². The molecule has 0 saturated carbocycles. The highest BCUT2D eigenvalue weighted by Crippen LogP contribution is 2.26. The third-order valence-corrected chi connectivity index (χ3v) is 4.43. The maximum absolute atomic E-state index is 6.06. The molecule has 0 radical (unpaired) electrons. The number of benzene rings is 2. The van der Waals surface area contributed by atoms with Gasteiger partial charge in [0.15, 0.2) is 0 Å². The quantitative estimate of drug-likeness (QED) is 0.697. The molecular formula is C15H14Cl2IN. The molecule has 0 spiro atoms. The van der Waals surface area contributed by atoms with Gasteiger partial charge in [0, 0.05) is 9.61 Å². The van der Waals surface area contributed by atoms with Gasteiger partial charge in [0.2, 0.25) is 0 Å². The van der Waals surface area contributed by atoms with Gasteiger partial charge >= 0.3 is 0 Å². The second-order valence-electron chi connectivity index (χ2n) is 4.35. The van der Waals surface area contributed by atoms with E-state index in [-0.39, 0.29) is 6.04 Å². The van der Waals surface area contributed by atoms with Crippen LogP contribution in [0.1, 0.15) is 17.2 Å². The van der Waals surface area contributed by atoms with Crippen LogP contribution < -0.4 is 5.32 Å². The molecule has 0 bridgehead atoms. The van der Waals surface area contributed by atoms with Crippen molar-refractivity contribution in [3.63, 3.8) is 0 Å². The van der Waals surface area contributed by atoms with Crippen LogP contribution in [0.25, 0.3) is 0 Å². The van der Waals surface area contributed by atoms with Crippen molar-refractivity contribution in [3.8, 4) is 0 Å². The Morgan fingerprint density at radius 2 is 1.89 bits per heavy atom. The summed E-state index contributed by atoms with van der Waals surface area (Å²) in [5.74, 6) is 0. The summed E-state index contributed by atoms with van der Waals surface area (Å²) in [6, 6.07) is 14.6. The van der Waals surface area contributed by atoms with Crippen LogP contribution in [0.15, 0.2) is 42.5 Å². The van der Waals surface area contributed by atoms with Crippen molar-refractivity contribution in [1.29, 1.82) is 0 Å².